The molecule has 1 N–H and O–H groups in total. The second-order valence-electron chi connectivity index (χ2n) is 5.18. The third-order valence-electron chi connectivity index (χ3n) is 3.74. The van der Waals surface area contributed by atoms with Crippen LogP contribution in [-0.2, 0) is 4.79 Å². The molecule has 2 heterocycles. The maximum absolute atomic E-state index is 12.2. The highest BCUT2D eigenvalue weighted by molar-refractivity contribution is 7.98. The molecule has 2 fully saturated rings. The number of piperazine rings is 1. The summed E-state index contributed by atoms with van der Waals surface area (Å²) in [5.41, 5.74) is 0. The summed E-state index contributed by atoms with van der Waals surface area (Å²) in [6.45, 7) is 5.33. The fourth-order valence-electron chi connectivity index (χ4n) is 2.85. The zero-order valence-electron chi connectivity index (χ0n) is 10.6. The minimum absolute atomic E-state index is 0.114. The molecule has 2 aliphatic rings. The minimum Gasteiger partial charge on any atom is -0.392 e. The van der Waals surface area contributed by atoms with Gasteiger partial charge in [-0.2, -0.15) is 11.8 Å². The van der Waals surface area contributed by atoms with Crippen molar-refractivity contribution in [3.63, 3.8) is 0 Å². The number of thioether (sulfide) groups is 1. The van der Waals surface area contributed by atoms with Crippen molar-refractivity contribution in [1.82, 2.24) is 9.80 Å². The molecule has 2 rings (SSSR count). The zero-order chi connectivity index (χ0) is 12.4. The summed E-state index contributed by atoms with van der Waals surface area (Å²) in [7, 11) is 0. The van der Waals surface area contributed by atoms with Gasteiger partial charge in [0.15, 0.2) is 0 Å². The van der Waals surface area contributed by atoms with Gasteiger partial charge >= 0.3 is 0 Å². The number of rotatable bonds is 3. The van der Waals surface area contributed by atoms with E-state index in [2.05, 4.69) is 4.90 Å². The summed E-state index contributed by atoms with van der Waals surface area (Å²) in [6, 6.07) is 0.379. The van der Waals surface area contributed by atoms with E-state index in [-0.39, 0.29) is 17.9 Å². The van der Waals surface area contributed by atoms with Crippen molar-refractivity contribution in [3.05, 3.63) is 0 Å². The van der Waals surface area contributed by atoms with Gasteiger partial charge in [-0.1, -0.05) is 6.92 Å². The van der Waals surface area contributed by atoms with Crippen LogP contribution in [0.1, 0.15) is 13.3 Å². The molecule has 0 spiro atoms. The van der Waals surface area contributed by atoms with Crippen molar-refractivity contribution in [2.45, 2.75) is 25.5 Å². The average Bonchev–Trinajstić information content (AvgIpc) is 2.67. The summed E-state index contributed by atoms with van der Waals surface area (Å²) in [4.78, 5) is 16.5. The normalized spacial score (nSPS) is 31.4. The van der Waals surface area contributed by atoms with Crippen LogP contribution < -0.4 is 0 Å². The maximum Gasteiger partial charge on any atom is 0.226 e. The summed E-state index contributed by atoms with van der Waals surface area (Å²) >= 11 is 1.72. The molecule has 0 aromatic heterocycles. The van der Waals surface area contributed by atoms with Gasteiger partial charge < -0.3 is 10.0 Å². The smallest absolute Gasteiger partial charge is 0.226 e. The molecular formula is C12H22N2O2S. The van der Waals surface area contributed by atoms with Crippen molar-refractivity contribution in [1.29, 1.82) is 0 Å². The van der Waals surface area contributed by atoms with Crippen LogP contribution in [0.2, 0.25) is 0 Å². The molecule has 17 heavy (non-hydrogen) atoms. The molecule has 98 valence electrons. The Morgan fingerprint density at radius 3 is 2.94 bits per heavy atom. The lowest BCUT2D eigenvalue weighted by Gasteiger charge is -2.38. The van der Waals surface area contributed by atoms with Crippen molar-refractivity contribution < 1.29 is 9.90 Å². The largest absolute Gasteiger partial charge is 0.392 e. The molecule has 5 heteroatoms. The van der Waals surface area contributed by atoms with Gasteiger partial charge in [-0.05, 0) is 12.7 Å². The van der Waals surface area contributed by atoms with Gasteiger partial charge in [-0.3, -0.25) is 9.69 Å². The van der Waals surface area contributed by atoms with Crippen molar-refractivity contribution >= 4 is 17.7 Å². The zero-order valence-corrected chi connectivity index (χ0v) is 11.4. The van der Waals surface area contributed by atoms with Crippen LogP contribution in [0.3, 0.4) is 0 Å². The van der Waals surface area contributed by atoms with Gasteiger partial charge in [0.1, 0.15) is 0 Å². The Morgan fingerprint density at radius 1 is 1.47 bits per heavy atom. The minimum atomic E-state index is -0.196. The van der Waals surface area contributed by atoms with Gasteiger partial charge in [0.2, 0.25) is 5.91 Å². The Hall–Kier alpha value is -0.260. The fraction of sp³-hybridized carbons (Fsp3) is 0.917. The topological polar surface area (TPSA) is 43.8 Å². The molecule has 4 nitrogen and oxygen atoms in total. The van der Waals surface area contributed by atoms with E-state index in [4.69, 9.17) is 0 Å². The first kappa shape index (κ1) is 13.2. The number of aliphatic hydroxyl groups excluding tert-OH is 1. The Morgan fingerprint density at radius 2 is 2.24 bits per heavy atom. The molecule has 0 aromatic carbocycles. The van der Waals surface area contributed by atoms with Gasteiger partial charge in [0, 0.05) is 43.9 Å². The van der Waals surface area contributed by atoms with E-state index >= 15 is 0 Å². The Kier molecular flexibility index (Phi) is 4.33. The van der Waals surface area contributed by atoms with E-state index in [9.17, 15) is 9.90 Å². The predicted molar refractivity (Wildman–Crippen MR) is 70.1 cm³/mol. The lowest BCUT2D eigenvalue weighted by atomic mass is 10.1. The molecule has 0 saturated carbocycles. The Bertz CT molecular complexity index is 288. The number of fused-ring (bicyclic) bond motifs is 1. The number of amides is 1. The molecular weight excluding hydrogens is 236 g/mol. The second kappa shape index (κ2) is 5.59. The van der Waals surface area contributed by atoms with Crippen molar-refractivity contribution in [3.8, 4) is 0 Å². The standard InChI is InChI=1S/C12H22N2O2S/c1-9(8-17-2)12(16)14-4-3-13-7-11(15)5-10(13)6-14/h9-11,15H,3-8H2,1-2H3/t9?,10-,11+/m0/s1. The maximum atomic E-state index is 12.2. The first-order chi connectivity index (χ1) is 8.11. The third-order valence-corrected chi connectivity index (χ3v) is 4.58. The SMILES string of the molecule is CSCC(C)C(=O)N1CCN2C[C@H](O)C[C@H]2C1. The second-order valence-corrected chi connectivity index (χ2v) is 6.09. The molecule has 0 aliphatic carbocycles. The van der Waals surface area contributed by atoms with Crippen LogP contribution in [0.4, 0.5) is 0 Å². The van der Waals surface area contributed by atoms with Gasteiger partial charge in [-0.25, -0.2) is 0 Å². The lowest BCUT2D eigenvalue weighted by Crippen LogP contribution is -2.53. The monoisotopic (exact) mass is 258 g/mol. The van der Waals surface area contributed by atoms with Crippen molar-refractivity contribution in [2.24, 2.45) is 5.92 Å². The van der Waals surface area contributed by atoms with Gasteiger partial charge in [0.05, 0.1) is 6.10 Å². The number of nitrogens with zero attached hydrogens (tertiary/aromatic N) is 2. The lowest BCUT2D eigenvalue weighted by molar-refractivity contribution is -0.136. The molecule has 0 aromatic rings. The summed E-state index contributed by atoms with van der Waals surface area (Å²) in [5, 5.41) is 9.63. The fourth-order valence-corrected chi connectivity index (χ4v) is 3.49. The third kappa shape index (κ3) is 2.95. The molecule has 0 radical (unpaired) electrons. The molecule has 0 bridgehead atoms. The molecule has 1 unspecified atom stereocenters. The average molecular weight is 258 g/mol. The predicted octanol–water partition coefficient (Wildman–Crippen LogP) is 0.263. The highest BCUT2D eigenvalue weighted by Crippen LogP contribution is 2.23. The molecule has 2 saturated heterocycles. The number of hydrogen-bond acceptors (Lipinski definition) is 4. The number of carbonyl (C=O) groups excluding carboxylic acids is 1. The van der Waals surface area contributed by atoms with Crippen LogP contribution >= 0.6 is 11.8 Å². The van der Waals surface area contributed by atoms with E-state index in [1.165, 1.54) is 0 Å². The van der Waals surface area contributed by atoms with Crippen LogP contribution in [0.15, 0.2) is 0 Å². The van der Waals surface area contributed by atoms with E-state index in [0.29, 0.717) is 6.04 Å². The van der Waals surface area contributed by atoms with Crippen LogP contribution in [0, 0.1) is 5.92 Å². The van der Waals surface area contributed by atoms with E-state index in [1.807, 2.05) is 18.1 Å². The van der Waals surface area contributed by atoms with E-state index in [0.717, 1.165) is 38.4 Å². The number of hydrogen-bond donors (Lipinski definition) is 1. The first-order valence-electron chi connectivity index (χ1n) is 6.31. The van der Waals surface area contributed by atoms with E-state index < -0.39 is 0 Å². The van der Waals surface area contributed by atoms with Crippen molar-refractivity contribution in [2.75, 3.05) is 38.2 Å². The Balaban J connectivity index is 1.89. The summed E-state index contributed by atoms with van der Waals surface area (Å²) < 4.78 is 0. The molecule has 1 amide bonds. The Labute approximate surface area is 107 Å². The summed E-state index contributed by atoms with van der Waals surface area (Å²) in [5.74, 6) is 1.29. The first-order valence-corrected chi connectivity index (χ1v) is 7.71. The number of aliphatic hydroxyl groups is 1. The number of carbonyl (C=O) groups is 1. The summed E-state index contributed by atoms with van der Waals surface area (Å²) in [6.07, 6.45) is 2.66. The van der Waals surface area contributed by atoms with Crippen LogP contribution in [0.5, 0.6) is 0 Å². The van der Waals surface area contributed by atoms with Crippen LogP contribution in [-0.4, -0.2) is 71.1 Å². The molecule has 2 aliphatic heterocycles. The van der Waals surface area contributed by atoms with Gasteiger partial charge in [-0.15, -0.1) is 0 Å². The van der Waals surface area contributed by atoms with Gasteiger partial charge in [0.25, 0.3) is 0 Å². The molecule has 3 atom stereocenters. The highest BCUT2D eigenvalue weighted by Gasteiger charge is 2.37. The quantitative estimate of drug-likeness (QED) is 0.789. The van der Waals surface area contributed by atoms with Crippen LogP contribution in [0.25, 0.3) is 0 Å². The van der Waals surface area contributed by atoms with E-state index in [1.54, 1.807) is 11.8 Å². The highest BCUT2D eigenvalue weighted by atomic mass is 32.2.